The Kier molecular flexibility index (Phi) is 4.40. The van der Waals surface area contributed by atoms with Crippen molar-refractivity contribution in [3.05, 3.63) is 0 Å². The molecule has 1 rings (SSSR count). The van der Waals surface area contributed by atoms with Crippen LogP contribution in [-0.4, -0.2) is 26.2 Å². The molecule has 4 heteroatoms. The van der Waals surface area contributed by atoms with Crippen LogP contribution in [0.2, 0.25) is 0 Å². The molecular weight excluding hydrogens is 154 g/mol. The molecule has 0 spiro atoms. The van der Waals surface area contributed by atoms with E-state index in [0.29, 0.717) is 12.3 Å². The van der Waals surface area contributed by atoms with Gasteiger partial charge in [-0.25, -0.2) is 0 Å². The highest BCUT2D eigenvalue weighted by Gasteiger charge is 2.19. The molecule has 1 aliphatic rings. The Balaban J connectivity index is 0.000000810. The fourth-order valence-electron chi connectivity index (χ4n) is 0.812. The maximum atomic E-state index is 10.6. The van der Waals surface area contributed by atoms with Crippen LogP contribution >= 0.6 is 12.4 Å². The van der Waals surface area contributed by atoms with Crippen molar-refractivity contribution in [2.24, 2.45) is 5.92 Å². The molecule has 1 aliphatic heterocycles. The van der Waals surface area contributed by atoms with Gasteiger partial charge in [0.1, 0.15) is 0 Å². The minimum absolute atomic E-state index is 0. The topological polar surface area (TPSA) is 38.3 Å². The summed E-state index contributed by atoms with van der Waals surface area (Å²) in [6, 6.07) is 0. The molecule has 0 radical (unpaired) electrons. The van der Waals surface area contributed by atoms with Gasteiger partial charge >= 0.3 is 5.97 Å². The van der Waals surface area contributed by atoms with Crippen molar-refractivity contribution in [2.75, 3.05) is 20.2 Å². The van der Waals surface area contributed by atoms with Crippen LogP contribution in [0.4, 0.5) is 0 Å². The summed E-state index contributed by atoms with van der Waals surface area (Å²) in [5.74, 6) is 0.430. The molecule has 1 saturated heterocycles. The smallest absolute Gasteiger partial charge is 0.305 e. The molecular formula is C6H12ClNO2. The summed E-state index contributed by atoms with van der Waals surface area (Å²) in [4.78, 5) is 10.6. The number of ether oxygens (including phenoxy) is 1. The first-order valence-corrected chi connectivity index (χ1v) is 3.10. The SMILES string of the molecule is COC(=O)CC1CNC1.Cl. The third-order valence-electron chi connectivity index (χ3n) is 1.55. The average molecular weight is 166 g/mol. The predicted octanol–water partition coefficient (Wildman–Crippen LogP) is 0.191. The van der Waals surface area contributed by atoms with Crippen molar-refractivity contribution in [1.82, 2.24) is 5.32 Å². The summed E-state index contributed by atoms with van der Waals surface area (Å²) in [7, 11) is 1.43. The van der Waals surface area contributed by atoms with Crippen molar-refractivity contribution in [3.8, 4) is 0 Å². The number of carbonyl (C=O) groups excluding carboxylic acids is 1. The monoisotopic (exact) mass is 165 g/mol. The lowest BCUT2D eigenvalue weighted by Crippen LogP contribution is -2.43. The molecule has 1 heterocycles. The fraction of sp³-hybridized carbons (Fsp3) is 0.833. The molecule has 0 saturated carbocycles. The number of halogens is 1. The van der Waals surface area contributed by atoms with Gasteiger partial charge < -0.3 is 10.1 Å². The minimum Gasteiger partial charge on any atom is -0.469 e. The van der Waals surface area contributed by atoms with Crippen LogP contribution in [0.15, 0.2) is 0 Å². The summed E-state index contributed by atoms with van der Waals surface area (Å²) in [6.07, 6.45) is 0.573. The Morgan fingerprint density at radius 1 is 1.70 bits per heavy atom. The number of esters is 1. The molecule has 0 atom stereocenters. The van der Waals surface area contributed by atoms with Crippen LogP contribution in [-0.2, 0) is 9.53 Å². The van der Waals surface area contributed by atoms with E-state index < -0.39 is 0 Å². The van der Waals surface area contributed by atoms with E-state index in [1.54, 1.807) is 0 Å². The Labute approximate surface area is 66.5 Å². The molecule has 60 valence electrons. The zero-order chi connectivity index (χ0) is 6.69. The number of rotatable bonds is 2. The molecule has 0 aliphatic carbocycles. The van der Waals surface area contributed by atoms with E-state index in [1.807, 2.05) is 0 Å². The first-order chi connectivity index (χ1) is 4.33. The van der Waals surface area contributed by atoms with Crippen LogP contribution in [0.1, 0.15) is 6.42 Å². The Bertz CT molecular complexity index is 114. The third-order valence-corrected chi connectivity index (χ3v) is 1.55. The molecule has 0 amide bonds. The van der Waals surface area contributed by atoms with Gasteiger partial charge in [-0.1, -0.05) is 0 Å². The maximum absolute atomic E-state index is 10.6. The van der Waals surface area contributed by atoms with Crippen molar-refractivity contribution in [2.45, 2.75) is 6.42 Å². The van der Waals surface area contributed by atoms with Crippen LogP contribution in [0, 0.1) is 5.92 Å². The molecule has 3 nitrogen and oxygen atoms in total. The first-order valence-electron chi connectivity index (χ1n) is 3.10. The average Bonchev–Trinajstić information content (AvgIpc) is 1.78. The van der Waals surface area contributed by atoms with Crippen LogP contribution < -0.4 is 5.32 Å². The Hall–Kier alpha value is -0.280. The maximum Gasteiger partial charge on any atom is 0.305 e. The van der Waals surface area contributed by atoms with Crippen LogP contribution in [0.5, 0.6) is 0 Å². The summed E-state index contributed by atoms with van der Waals surface area (Å²) in [5, 5.41) is 3.08. The number of nitrogens with one attached hydrogen (secondary N) is 1. The quantitative estimate of drug-likeness (QED) is 0.594. The van der Waals surface area contributed by atoms with E-state index in [0.717, 1.165) is 13.1 Å². The van der Waals surface area contributed by atoms with Gasteiger partial charge in [0, 0.05) is 0 Å². The van der Waals surface area contributed by atoms with E-state index in [9.17, 15) is 4.79 Å². The van der Waals surface area contributed by atoms with E-state index >= 15 is 0 Å². The molecule has 0 bridgehead atoms. The Morgan fingerprint density at radius 3 is 2.60 bits per heavy atom. The highest BCUT2D eigenvalue weighted by atomic mass is 35.5. The number of carbonyl (C=O) groups is 1. The number of hydrogen-bond acceptors (Lipinski definition) is 3. The number of methoxy groups -OCH3 is 1. The fourth-order valence-corrected chi connectivity index (χ4v) is 0.812. The van der Waals surface area contributed by atoms with Crippen LogP contribution in [0.25, 0.3) is 0 Å². The van der Waals surface area contributed by atoms with Crippen molar-refractivity contribution >= 4 is 18.4 Å². The summed E-state index contributed by atoms with van der Waals surface area (Å²) in [5.41, 5.74) is 0. The van der Waals surface area contributed by atoms with Gasteiger partial charge in [0.2, 0.25) is 0 Å². The molecule has 0 unspecified atom stereocenters. The second-order valence-electron chi connectivity index (χ2n) is 2.30. The van der Waals surface area contributed by atoms with E-state index in [2.05, 4.69) is 10.1 Å². The van der Waals surface area contributed by atoms with E-state index in [4.69, 9.17) is 0 Å². The predicted molar refractivity (Wildman–Crippen MR) is 40.2 cm³/mol. The first kappa shape index (κ1) is 9.72. The molecule has 0 aromatic rings. The highest BCUT2D eigenvalue weighted by molar-refractivity contribution is 5.85. The molecule has 0 aromatic heterocycles. The third kappa shape index (κ3) is 2.54. The molecule has 1 N–H and O–H groups in total. The highest BCUT2D eigenvalue weighted by Crippen LogP contribution is 2.07. The zero-order valence-electron chi connectivity index (χ0n) is 5.92. The van der Waals surface area contributed by atoms with Gasteiger partial charge in [0.25, 0.3) is 0 Å². The lowest BCUT2D eigenvalue weighted by molar-refractivity contribution is -0.142. The van der Waals surface area contributed by atoms with Crippen LogP contribution in [0.3, 0.4) is 0 Å². The standard InChI is InChI=1S/C6H11NO2.ClH/c1-9-6(8)2-5-3-7-4-5;/h5,7H,2-4H2,1H3;1H. The van der Waals surface area contributed by atoms with Gasteiger partial charge in [-0.2, -0.15) is 0 Å². The van der Waals surface area contributed by atoms with Crippen molar-refractivity contribution in [1.29, 1.82) is 0 Å². The zero-order valence-corrected chi connectivity index (χ0v) is 6.74. The second-order valence-corrected chi connectivity index (χ2v) is 2.30. The van der Waals surface area contributed by atoms with E-state index in [-0.39, 0.29) is 18.4 Å². The largest absolute Gasteiger partial charge is 0.469 e. The normalized spacial score (nSPS) is 16.9. The van der Waals surface area contributed by atoms with Crippen molar-refractivity contribution in [3.63, 3.8) is 0 Å². The van der Waals surface area contributed by atoms with Crippen molar-refractivity contribution < 1.29 is 9.53 Å². The lowest BCUT2D eigenvalue weighted by atomic mass is 10.00. The lowest BCUT2D eigenvalue weighted by Gasteiger charge is -2.25. The summed E-state index contributed by atoms with van der Waals surface area (Å²) in [6.45, 7) is 1.93. The molecule has 10 heavy (non-hydrogen) atoms. The Morgan fingerprint density at radius 2 is 2.30 bits per heavy atom. The molecule has 0 aromatic carbocycles. The minimum atomic E-state index is -0.0958. The second kappa shape index (κ2) is 4.52. The van der Waals surface area contributed by atoms with E-state index in [1.165, 1.54) is 7.11 Å². The summed E-state index contributed by atoms with van der Waals surface area (Å²) >= 11 is 0. The van der Waals surface area contributed by atoms with Gasteiger partial charge in [-0.15, -0.1) is 12.4 Å². The number of hydrogen-bond donors (Lipinski definition) is 1. The van der Waals surface area contributed by atoms with Gasteiger partial charge in [-0.3, -0.25) is 4.79 Å². The summed E-state index contributed by atoms with van der Waals surface area (Å²) < 4.78 is 4.49. The van der Waals surface area contributed by atoms with Gasteiger partial charge in [0.15, 0.2) is 0 Å². The van der Waals surface area contributed by atoms with Gasteiger partial charge in [-0.05, 0) is 19.0 Å². The van der Waals surface area contributed by atoms with Gasteiger partial charge in [0.05, 0.1) is 13.5 Å². The molecule has 1 fully saturated rings.